The Bertz CT molecular complexity index is 870. The molecule has 0 saturated carbocycles. The van der Waals surface area contributed by atoms with Gasteiger partial charge in [0.15, 0.2) is 0 Å². The summed E-state index contributed by atoms with van der Waals surface area (Å²) >= 11 is 6.45. The summed E-state index contributed by atoms with van der Waals surface area (Å²) in [6.45, 7) is 0. The van der Waals surface area contributed by atoms with Crippen molar-refractivity contribution in [3.05, 3.63) is 60.5 Å². The quantitative estimate of drug-likeness (QED) is 0.414. The normalized spacial score (nSPS) is 14.7. The molecule has 6 nitrogen and oxygen atoms in total. The van der Waals surface area contributed by atoms with E-state index in [-0.39, 0.29) is 17.3 Å². The molecule has 0 aliphatic carbocycles. The molecule has 116 valence electrons. The number of nitrogens with zero attached hydrogens (tertiary/aromatic N) is 1. The van der Waals surface area contributed by atoms with E-state index in [4.69, 9.17) is 0 Å². The van der Waals surface area contributed by atoms with E-state index in [0.717, 1.165) is 0 Å². The van der Waals surface area contributed by atoms with E-state index in [9.17, 15) is 20.0 Å². The molecular formula is C15H8Br2N2O4. The summed E-state index contributed by atoms with van der Waals surface area (Å²) in [5.41, 5.74) is 1.91. The van der Waals surface area contributed by atoms with Crippen LogP contribution in [0.15, 0.2) is 39.3 Å². The Kier molecular flexibility index (Phi) is 3.95. The molecule has 0 fully saturated rings. The molecule has 3 rings (SSSR count). The van der Waals surface area contributed by atoms with E-state index in [0.29, 0.717) is 31.3 Å². The molecule has 0 bridgehead atoms. The number of hydrogen-bond donors (Lipinski definition) is 2. The summed E-state index contributed by atoms with van der Waals surface area (Å²) in [6.07, 6.45) is 1.61. The molecule has 0 spiro atoms. The second-order valence-corrected chi connectivity index (χ2v) is 6.54. The molecule has 0 unspecified atom stereocenters. The Morgan fingerprint density at radius 3 is 2.43 bits per heavy atom. The number of anilines is 1. The number of non-ortho nitro benzene ring substituents is 1. The largest absolute Gasteiger partial charge is 0.506 e. The molecule has 1 aliphatic rings. The first kappa shape index (κ1) is 15.7. The van der Waals surface area contributed by atoms with Crippen LogP contribution in [-0.4, -0.2) is 15.9 Å². The number of nitro benzene ring substituents is 1. The van der Waals surface area contributed by atoms with Crippen LogP contribution in [-0.2, 0) is 4.79 Å². The number of rotatable bonds is 2. The fourth-order valence-corrected chi connectivity index (χ4v) is 3.49. The minimum atomic E-state index is -0.506. The fraction of sp³-hybridized carbons (Fsp3) is 0. The van der Waals surface area contributed by atoms with Crippen molar-refractivity contribution >= 4 is 60.8 Å². The van der Waals surface area contributed by atoms with Gasteiger partial charge in [0.1, 0.15) is 5.75 Å². The lowest BCUT2D eigenvalue weighted by Crippen LogP contribution is -2.03. The topological polar surface area (TPSA) is 92.5 Å². The number of hydrogen-bond acceptors (Lipinski definition) is 4. The predicted octanol–water partition coefficient (Wildman–Crippen LogP) is 4.32. The third-order valence-corrected chi connectivity index (χ3v) is 4.56. The van der Waals surface area contributed by atoms with Gasteiger partial charge in [0, 0.05) is 29.0 Å². The highest BCUT2D eigenvalue weighted by molar-refractivity contribution is 9.11. The summed E-state index contributed by atoms with van der Waals surface area (Å²) < 4.78 is 0.938. The van der Waals surface area contributed by atoms with Crippen molar-refractivity contribution in [1.29, 1.82) is 0 Å². The molecule has 2 aromatic carbocycles. The van der Waals surface area contributed by atoms with Crippen LogP contribution in [0.1, 0.15) is 11.1 Å². The van der Waals surface area contributed by atoms with Crippen LogP contribution in [0.3, 0.4) is 0 Å². The zero-order valence-electron chi connectivity index (χ0n) is 11.3. The van der Waals surface area contributed by atoms with Gasteiger partial charge in [-0.05, 0) is 61.7 Å². The van der Waals surface area contributed by atoms with Crippen molar-refractivity contribution in [2.45, 2.75) is 0 Å². The van der Waals surface area contributed by atoms with Gasteiger partial charge in [0.25, 0.3) is 11.6 Å². The number of phenolic OH excluding ortho intramolecular Hbond substituents is 1. The van der Waals surface area contributed by atoms with Gasteiger partial charge in [-0.15, -0.1) is 0 Å². The van der Waals surface area contributed by atoms with Gasteiger partial charge in [-0.3, -0.25) is 14.9 Å². The minimum absolute atomic E-state index is 0.0547. The fourth-order valence-electron chi connectivity index (χ4n) is 2.27. The van der Waals surface area contributed by atoms with Gasteiger partial charge in [-0.1, -0.05) is 0 Å². The molecule has 2 N–H and O–H groups in total. The van der Waals surface area contributed by atoms with Gasteiger partial charge >= 0.3 is 0 Å². The second-order valence-electron chi connectivity index (χ2n) is 4.83. The average Bonchev–Trinajstić information content (AvgIpc) is 2.80. The van der Waals surface area contributed by atoms with Crippen LogP contribution in [0.2, 0.25) is 0 Å². The molecule has 1 amide bonds. The number of phenols is 1. The van der Waals surface area contributed by atoms with E-state index in [2.05, 4.69) is 37.2 Å². The highest BCUT2D eigenvalue weighted by Crippen LogP contribution is 2.38. The molecule has 1 heterocycles. The van der Waals surface area contributed by atoms with Crippen LogP contribution < -0.4 is 5.32 Å². The van der Waals surface area contributed by atoms with E-state index in [1.807, 2.05) is 0 Å². The summed E-state index contributed by atoms with van der Waals surface area (Å²) in [4.78, 5) is 22.5. The number of aromatic hydroxyl groups is 1. The Hall–Kier alpha value is -2.19. The Morgan fingerprint density at radius 2 is 1.83 bits per heavy atom. The molecule has 8 heteroatoms. The SMILES string of the molecule is O=C1Nc2ccc([N+](=O)[O-])cc2/C1=C/c1cc(Br)c(O)c(Br)c1. The molecule has 1 aliphatic heterocycles. The van der Waals surface area contributed by atoms with E-state index >= 15 is 0 Å². The van der Waals surface area contributed by atoms with Crippen molar-refractivity contribution in [2.24, 2.45) is 0 Å². The van der Waals surface area contributed by atoms with Crippen molar-refractivity contribution < 1.29 is 14.8 Å². The number of halogens is 2. The van der Waals surface area contributed by atoms with E-state index in [1.54, 1.807) is 18.2 Å². The molecule has 0 aromatic heterocycles. The lowest BCUT2D eigenvalue weighted by atomic mass is 10.0. The van der Waals surface area contributed by atoms with Crippen LogP contribution >= 0.6 is 31.9 Å². The van der Waals surface area contributed by atoms with Gasteiger partial charge in [-0.2, -0.15) is 0 Å². The monoisotopic (exact) mass is 438 g/mol. The molecule has 2 aromatic rings. The Labute approximate surface area is 147 Å². The minimum Gasteiger partial charge on any atom is -0.506 e. The van der Waals surface area contributed by atoms with Crippen LogP contribution in [0.5, 0.6) is 5.75 Å². The van der Waals surface area contributed by atoms with Crippen molar-refractivity contribution in [3.63, 3.8) is 0 Å². The molecule has 23 heavy (non-hydrogen) atoms. The summed E-state index contributed by atoms with van der Waals surface area (Å²) in [5, 5.41) is 23.3. The first-order valence-electron chi connectivity index (χ1n) is 6.36. The molecule has 0 saturated heterocycles. The number of nitrogens with one attached hydrogen (secondary N) is 1. The summed E-state index contributed by atoms with van der Waals surface area (Å²) in [6, 6.07) is 7.51. The van der Waals surface area contributed by atoms with Gasteiger partial charge in [0.2, 0.25) is 0 Å². The first-order chi connectivity index (χ1) is 10.9. The molecule has 0 radical (unpaired) electrons. The number of fused-ring (bicyclic) bond motifs is 1. The summed E-state index contributed by atoms with van der Waals surface area (Å²) in [5.74, 6) is -0.278. The lowest BCUT2D eigenvalue weighted by molar-refractivity contribution is -0.384. The smallest absolute Gasteiger partial charge is 0.270 e. The standard InChI is InChI=1S/C15H8Br2N2O4/c16-11-4-7(5-12(17)14(11)20)3-10-9-6-8(19(22)23)1-2-13(9)18-15(10)21/h1-6,20H,(H,18,21)/b10-3-. The van der Waals surface area contributed by atoms with Crippen molar-refractivity contribution in [3.8, 4) is 5.75 Å². The van der Waals surface area contributed by atoms with E-state index < -0.39 is 4.92 Å². The number of benzene rings is 2. The van der Waals surface area contributed by atoms with Crippen molar-refractivity contribution in [2.75, 3.05) is 5.32 Å². The van der Waals surface area contributed by atoms with E-state index in [1.165, 1.54) is 18.2 Å². The van der Waals surface area contributed by atoms with Crippen LogP contribution in [0.4, 0.5) is 11.4 Å². The van der Waals surface area contributed by atoms with Gasteiger partial charge in [-0.25, -0.2) is 0 Å². The van der Waals surface area contributed by atoms with Crippen LogP contribution in [0, 0.1) is 10.1 Å². The Morgan fingerprint density at radius 1 is 1.17 bits per heavy atom. The predicted molar refractivity (Wildman–Crippen MR) is 93.1 cm³/mol. The van der Waals surface area contributed by atoms with Crippen molar-refractivity contribution in [1.82, 2.24) is 0 Å². The zero-order valence-corrected chi connectivity index (χ0v) is 14.5. The molecular weight excluding hydrogens is 432 g/mol. The highest BCUT2D eigenvalue weighted by Gasteiger charge is 2.26. The maximum atomic E-state index is 12.1. The zero-order chi connectivity index (χ0) is 16.7. The Balaban J connectivity index is 2.13. The maximum absolute atomic E-state index is 12.1. The van der Waals surface area contributed by atoms with Gasteiger partial charge < -0.3 is 10.4 Å². The maximum Gasteiger partial charge on any atom is 0.270 e. The number of nitro groups is 1. The van der Waals surface area contributed by atoms with Crippen LogP contribution in [0.25, 0.3) is 11.6 Å². The number of carbonyl (C=O) groups is 1. The highest BCUT2D eigenvalue weighted by atomic mass is 79.9. The first-order valence-corrected chi connectivity index (χ1v) is 7.95. The third-order valence-electron chi connectivity index (χ3n) is 3.35. The molecule has 0 atom stereocenters. The average molecular weight is 440 g/mol. The van der Waals surface area contributed by atoms with Gasteiger partial charge in [0.05, 0.1) is 13.9 Å². The third kappa shape index (κ3) is 2.87. The second kappa shape index (κ2) is 5.78. The summed E-state index contributed by atoms with van der Waals surface area (Å²) in [7, 11) is 0. The number of amides is 1. The lowest BCUT2D eigenvalue weighted by Gasteiger charge is -2.04. The number of carbonyl (C=O) groups excluding carboxylic acids is 1.